The lowest BCUT2D eigenvalue weighted by molar-refractivity contribution is 0.453. The van der Waals surface area contributed by atoms with Crippen LogP contribution in [0.25, 0.3) is 0 Å². The van der Waals surface area contributed by atoms with Crippen molar-refractivity contribution in [2.24, 2.45) is 0 Å². The molecule has 0 aliphatic rings. The molecule has 0 atom stereocenters. The predicted octanol–water partition coefficient (Wildman–Crippen LogP) is 4.03. The van der Waals surface area contributed by atoms with Gasteiger partial charge in [0, 0.05) is 18.8 Å². The fourth-order valence-electron chi connectivity index (χ4n) is 2.14. The number of hydrogen-bond donors (Lipinski definition) is 1. The van der Waals surface area contributed by atoms with Crippen LogP contribution in [-0.4, -0.2) is 12.0 Å². The second kappa shape index (κ2) is 6.53. The number of ether oxygens (including phenoxy) is 1. The molecule has 1 heterocycles. The zero-order valence-corrected chi connectivity index (χ0v) is 12.6. The summed E-state index contributed by atoms with van der Waals surface area (Å²) in [5, 5.41) is 3.13. The third kappa shape index (κ3) is 3.58. The van der Waals surface area contributed by atoms with Crippen molar-refractivity contribution in [2.45, 2.75) is 33.2 Å². The van der Waals surface area contributed by atoms with Crippen molar-refractivity contribution in [3.63, 3.8) is 0 Å². The van der Waals surface area contributed by atoms with E-state index in [1.165, 1.54) is 11.1 Å². The summed E-state index contributed by atoms with van der Waals surface area (Å²) < 4.78 is 6.00. The number of aromatic nitrogens is 1. The smallest absolute Gasteiger partial charge is 0.219 e. The minimum atomic E-state index is 0.422. The first-order valence-corrected chi connectivity index (χ1v) is 6.98. The first kappa shape index (κ1) is 14.5. The van der Waals surface area contributed by atoms with Crippen LogP contribution in [0.2, 0.25) is 0 Å². The molecule has 0 fully saturated rings. The van der Waals surface area contributed by atoms with E-state index < -0.39 is 0 Å². The monoisotopic (exact) mass is 270 g/mol. The molecule has 0 aliphatic carbocycles. The quantitative estimate of drug-likeness (QED) is 0.891. The molecule has 0 amide bonds. The summed E-state index contributed by atoms with van der Waals surface area (Å²) in [6, 6.07) is 10.3. The molecule has 106 valence electrons. The van der Waals surface area contributed by atoms with Gasteiger partial charge in [-0.05, 0) is 48.7 Å². The number of aryl methyl sites for hydroxylation is 1. The fraction of sp³-hybridized carbons (Fsp3) is 0.353. The summed E-state index contributed by atoms with van der Waals surface area (Å²) in [6.45, 7) is 7.22. The van der Waals surface area contributed by atoms with Crippen molar-refractivity contribution >= 4 is 0 Å². The molecule has 20 heavy (non-hydrogen) atoms. The van der Waals surface area contributed by atoms with Crippen molar-refractivity contribution < 1.29 is 4.74 Å². The highest BCUT2D eigenvalue weighted by Gasteiger charge is 2.10. The normalized spacial score (nSPS) is 10.8. The zero-order valence-electron chi connectivity index (χ0n) is 12.6. The molecule has 0 saturated heterocycles. The zero-order chi connectivity index (χ0) is 14.5. The second-order valence-electron chi connectivity index (χ2n) is 5.33. The number of rotatable bonds is 5. The van der Waals surface area contributed by atoms with Gasteiger partial charge >= 0.3 is 0 Å². The van der Waals surface area contributed by atoms with E-state index in [0.29, 0.717) is 11.8 Å². The first-order valence-electron chi connectivity index (χ1n) is 6.98. The van der Waals surface area contributed by atoms with E-state index in [1.54, 1.807) is 6.20 Å². The molecule has 0 bridgehead atoms. The molecule has 0 spiro atoms. The minimum Gasteiger partial charge on any atom is -0.439 e. The van der Waals surface area contributed by atoms with E-state index in [2.05, 4.69) is 49.3 Å². The van der Waals surface area contributed by atoms with Gasteiger partial charge in [-0.25, -0.2) is 4.98 Å². The minimum absolute atomic E-state index is 0.422. The molecule has 1 aromatic carbocycles. The topological polar surface area (TPSA) is 34.2 Å². The Kier molecular flexibility index (Phi) is 4.74. The van der Waals surface area contributed by atoms with Gasteiger partial charge in [0.2, 0.25) is 5.88 Å². The lowest BCUT2D eigenvalue weighted by atomic mass is 10.0. The van der Waals surface area contributed by atoms with E-state index in [4.69, 9.17) is 4.74 Å². The maximum absolute atomic E-state index is 6.00. The van der Waals surface area contributed by atoms with E-state index in [-0.39, 0.29) is 0 Å². The maximum Gasteiger partial charge on any atom is 0.219 e. The molecule has 0 radical (unpaired) electrons. The summed E-state index contributed by atoms with van der Waals surface area (Å²) in [7, 11) is 1.93. The fourth-order valence-corrected chi connectivity index (χ4v) is 2.14. The summed E-state index contributed by atoms with van der Waals surface area (Å²) in [6.07, 6.45) is 1.78. The average molecular weight is 270 g/mol. The third-order valence-corrected chi connectivity index (χ3v) is 3.19. The Hall–Kier alpha value is -1.87. The Bertz CT molecular complexity index is 579. The van der Waals surface area contributed by atoms with Crippen LogP contribution < -0.4 is 10.1 Å². The molecule has 2 rings (SSSR count). The lowest BCUT2D eigenvalue weighted by Gasteiger charge is -2.14. The maximum atomic E-state index is 6.00. The van der Waals surface area contributed by atoms with Gasteiger partial charge in [0.05, 0.1) is 0 Å². The Morgan fingerprint density at radius 1 is 1.20 bits per heavy atom. The molecule has 1 aromatic heterocycles. The van der Waals surface area contributed by atoms with Crippen LogP contribution in [0.4, 0.5) is 0 Å². The third-order valence-electron chi connectivity index (χ3n) is 3.19. The van der Waals surface area contributed by atoms with Gasteiger partial charge in [0.25, 0.3) is 0 Å². The molecule has 3 heteroatoms. The van der Waals surface area contributed by atoms with E-state index >= 15 is 0 Å². The number of benzene rings is 1. The summed E-state index contributed by atoms with van der Waals surface area (Å²) in [4.78, 5) is 4.30. The van der Waals surface area contributed by atoms with Crippen molar-refractivity contribution in [3.8, 4) is 11.6 Å². The number of pyridine rings is 1. The van der Waals surface area contributed by atoms with Crippen molar-refractivity contribution in [1.82, 2.24) is 10.3 Å². The Morgan fingerprint density at radius 3 is 2.70 bits per heavy atom. The van der Waals surface area contributed by atoms with Crippen LogP contribution in [-0.2, 0) is 6.54 Å². The highest BCUT2D eigenvalue weighted by molar-refractivity contribution is 5.41. The Balaban J connectivity index is 2.29. The number of hydrogen-bond acceptors (Lipinski definition) is 3. The lowest BCUT2D eigenvalue weighted by Crippen LogP contribution is -2.05. The van der Waals surface area contributed by atoms with Crippen LogP contribution in [0.3, 0.4) is 0 Å². The SMILES string of the molecule is CNCc1ccnc(Oc2cc(C)ccc2C(C)C)c1. The molecular weight excluding hydrogens is 248 g/mol. The summed E-state index contributed by atoms with van der Waals surface area (Å²) in [5.41, 5.74) is 3.56. The van der Waals surface area contributed by atoms with Gasteiger partial charge in [0.1, 0.15) is 5.75 Å². The molecular formula is C17H22N2O. The Morgan fingerprint density at radius 2 is 2.00 bits per heavy atom. The standard InChI is InChI=1S/C17H22N2O/c1-12(2)15-6-5-13(3)9-16(15)20-17-10-14(11-18-4)7-8-19-17/h5-10,12,18H,11H2,1-4H3. The molecule has 0 unspecified atom stereocenters. The van der Waals surface area contributed by atoms with E-state index in [1.807, 2.05) is 19.2 Å². The van der Waals surface area contributed by atoms with Crippen molar-refractivity contribution in [1.29, 1.82) is 0 Å². The van der Waals surface area contributed by atoms with Gasteiger partial charge in [-0.1, -0.05) is 26.0 Å². The van der Waals surface area contributed by atoms with Crippen LogP contribution in [0, 0.1) is 6.92 Å². The number of nitrogens with one attached hydrogen (secondary N) is 1. The molecule has 2 aromatic rings. The van der Waals surface area contributed by atoms with Crippen molar-refractivity contribution in [3.05, 3.63) is 53.2 Å². The molecule has 0 aliphatic heterocycles. The van der Waals surface area contributed by atoms with Crippen LogP contribution in [0.15, 0.2) is 36.5 Å². The second-order valence-corrected chi connectivity index (χ2v) is 5.33. The van der Waals surface area contributed by atoms with Gasteiger partial charge in [-0.3, -0.25) is 0 Å². The molecule has 3 nitrogen and oxygen atoms in total. The predicted molar refractivity (Wildman–Crippen MR) is 82.3 cm³/mol. The van der Waals surface area contributed by atoms with Crippen LogP contribution in [0.1, 0.15) is 36.5 Å². The molecule has 0 saturated carbocycles. The summed E-state index contributed by atoms with van der Waals surface area (Å²) in [5.74, 6) is 1.96. The van der Waals surface area contributed by atoms with Gasteiger partial charge < -0.3 is 10.1 Å². The van der Waals surface area contributed by atoms with Crippen LogP contribution in [0.5, 0.6) is 11.6 Å². The van der Waals surface area contributed by atoms with Crippen molar-refractivity contribution in [2.75, 3.05) is 7.05 Å². The average Bonchev–Trinajstić information content (AvgIpc) is 2.39. The highest BCUT2D eigenvalue weighted by Crippen LogP contribution is 2.30. The largest absolute Gasteiger partial charge is 0.439 e. The van der Waals surface area contributed by atoms with Gasteiger partial charge in [-0.2, -0.15) is 0 Å². The highest BCUT2D eigenvalue weighted by atomic mass is 16.5. The van der Waals surface area contributed by atoms with Gasteiger partial charge in [0.15, 0.2) is 0 Å². The Labute approximate surface area is 121 Å². The van der Waals surface area contributed by atoms with E-state index in [9.17, 15) is 0 Å². The van der Waals surface area contributed by atoms with E-state index in [0.717, 1.165) is 17.9 Å². The molecule has 1 N–H and O–H groups in total. The first-order chi connectivity index (χ1) is 9.60. The van der Waals surface area contributed by atoms with Crippen LogP contribution >= 0.6 is 0 Å². The van der Waals surface area contributed by atoms with Gasteiger partial charge in [-0.15, -0.1) is 0 Å². The summed E-state index contributed by atoms with van der Waals surface area (Å²) >= 11 is 0. The number of nitrogens with zero attached hydrogens (tertiary/aromatic N) is 1.